The molecule has 1 aromatic rings. The van der Waals surface area contributed by atoms with Gasteiger partial charge in [-0.15, -0.1) is 0 Å². The van der Waals surface area contributed by atoms with Crippen LogP contribution in [0.2, 0.25) is 0 Å². The second-order valence-electron chi connectivity index (χ2n) is 2.45. The van der Waals surface area contributed by atoms with Gasteiger partial charge in [0.25, 0.3) is 0 Å². The maximum Gasteiger partial charge on any atom is 0.207 e. The van der Waals surface area contributed by atoms with Crippen molar-refractivity contribution >= 4 is 17.5 Å². The molecule has 0 fully saturated rings. The molecule has 0 N–H and O–H groups in total. The van der Waals surface area contributed by atoms with Gasteiger partial charge in [-0.25, -0.2) is 0 Å². The Balaban J connectivity index is 2.19. The van der Waals surface area contributed by atoms with E-state index in [1.54, 1.807) is 31.0 Å². The summed E-state index contributed by atoms with van der Waals surface area (Å²) in [6.45, 7) is 0.677. The topological polar surface area (TPSA) is 39.4 Å². The summed E-state index contributed by atoms with van der Waals surface area (Å²) < 4.78 is 9.82. The highest BCUT2D eigenvalue weighted by Gasteiger charge is 2.07. The van der Waals surface area contributed by atoms with Crippen molar-refractivity contribution in [1.29, 1.82) is 0 Å². The molecule has 0 aromatic carbocycles. The molecule has 0 spiro atoms. The average Bonchev–Trinajstić information content (AvgIpc) is 2.65. The molecule has 1 aromatic heterocycles. The summed E-state index contributed by atoms with van der Waals surface area (Å²) in [7, 11) is 1.65. The first kappa shape index (κ1) is 10.3. The zero-order chi connectivity index (χ0) is 9.52. The molecular formula is C9H12O3S. The highest BCUT2D eigenvalue weighted by atomic mass is 32.2. The van der Waals surface area contributed by atoms with Crippen molar-refractivity contribution < 1.29 is 13.9 Å². The van der Waals surface area contributed by atoms with E-state index in [1.165, 1.54) is 6.26 Å². The van der Waals surface area contributed by atoms with E-state index in [-0.39, 0.29) is 5.78 Å². The van der Waals surface area contributed by atoms with Gasteiger partial charge in [0.2, 0.25) is 5.78 Å². The van der Waals surface area contributed by atoms with E-state index in [1.807, 2.05) is 0 Å². The summed E-state index contributed by atoms with van der Waals surface area (Å²) in [6.07, 6.45) is 1.51. The minimum atomic E-state index is 0.0334. The Morgan fingerprint density at radius 1 is 1.69 bits per heavy atom. The van der Waals surface area contributed by atoms with Crippen LogP contribution in [-0.4, -0.2) is 31.0 Å². The third kappa shape index (κ3) is 3.65. The molecule has 0 aliphatic carbocycles. The lowest BCUT2D eigenvalue weighted by atomic mass is 10.3. The Labute approximate surface area is 81.4 Å². The monoisotopic (exact) mass is 200 g/mol. The molecule has 0 radical (unpaired) electrons. The van der Waals surface area contributed by atoms with Crippen LogP contribution in [0.25, 0.3) is 0 Å². The summed E-state index contributed by atoms with van der Waals surface area (Å²) in [6, 6.07) is 3.40. The Bertz CT molecular complexity index is 243. The van der Waals surface area contributed by atoms with Crippen molar-refractivity contribution in [1.82, 2.24) is 0 Å². The number of carbonyl (C=O) groups excluding carboxylic acids is 1. The van der Waals surface area contributed by atoms with Gasteiger partial charge in [-0.3, -0.25) is 4.79 Å². The maximum atomic E-state index is 11.3. The minimum absolute atomic E-state index is 0.0334. The molecule has 0 unspecified atom stereocenters. The van der Waals surface area contributed by atoms with Crippen LogP contribution in [0.3, 0.4) is 0 Å². The molecule has 0 aliphatic heterocycles. The van der Waals surface area contributed by atoms with Crippen molar-refractivity contribution in [3.8, 4) is 0 Å². The van der Waals surface area contributed by atoms with E-state index in [0.717, 1.165) is 5.75 Å². The average molecular weight is 200 g/mol. The first-order valence-corrected chi connectivity index (χ1v) is 5.13. The third-order valence-corrected chi connectivity index (χ3v) is 2.38. The van der Waals surface area contributed by atoms with E-state index >= 15 is 0 Å². The summed E-state index contributed by atoms with van der Waals surface area (Å²) in [5, 5.41) is 0. The van der Waals surface area contributed by atoms with Crippen LogP contribution in [-0.2, 0) is 4.74 Å². The van der Waals surface area contributed by atoms with Crippen molar-refractivity contribution in [3.05, 3.63) is 24.2 Å². The Morgan fingerprint density at radius 2 is 2.54 bits per heavy atom. The molecule has 1 heterocycles. The Morgan fingerprint density at radius 3 is 3.15 bits per heavy atom. The zero-order valence-electron chi connectivity index (χ0n) is 7.49. The summed E-state index contributed by atoms with van der Waals surface area (Å²) in [5.74, 6) is 1.76. The molecule has 0 atom stereocenters. The number of rotatable bonds is 6. The molecule has 3 nitrogen and oxygen atoms in total. The fourth-order valence-electron chi connectivity index (χ4n) is 0.815. The van der Waals surface area contributed by atoms with Gasteiger partial charge in [0, 0.05) is 12.9 Å². The van der Waals surface area contributed by atoms with Crippen LogP contribution in [0.5, 0.6) is 0 Å². The maximum absolute atomic E-state index is 11.3. The number of ether oxygens (including phenoxy) is 1. The molecular weight excluding hydrogens is 188 g/mol. The molecule has 0 bridgehead atoms. The largest absolute Gasteiger partial charge is 0.461 e. The summed E-state index contributed by atoms with van der Waals surface area (Å²) in [4.78, 5) is 11.3. The van der Waals surface area contributed by atoms with Crippen molar-refractivity contribution in [2.75, 3.05) is 25.2 Å². The molecule has 0 saturated heterocycles. The standard InChI is InChI=1S/C9H12O3S/c1-11-5-6-13-7-8(10)9-3-2-4-12-9/h2-4H,5-7H2,1H3. The second kappa shape index (κ2) is 5.83. The number of furan rings is 1. The number of Topliss-reactive ketones (excluding diaryl/α,β-unsaturated/α-hetero) is 1. The van der Waals surface area contributed by atoms with Gasteiger partial charge < -0.3 is 9.15 Å². The number of hydrogen-bond donors (Lipinski definition) is 0. The number of methoxy groups -OCH3 is 1. The van der Waals surface area contributed by atoms with Gasteiger partial charge in [-0.1, -0.05) is 0 Å². The van der Waals surface area contributed by atoms with Crippen LogP contribution in [0.1, 0.15) is 10.6 Å². The molecule has 13 heavy (non-hydrogen) atoms. The van der Waals surface area contributed by atoms with E-state index in [0.29, 0.717) is 18.1 Å². The molecule has 0 saturated carbocycles. The van der Waals surface area contributed by atoms with Gasteiger partial charge in [-0.2, -0.15) is 11.8 Å². The van der Waals surface area contributed by atoms with Crippen molar-refractivity contribution in [2.45, 2.75) is 0 Å². The SMILES string of the molecule is COCCSCC(=O)c1ccco1. The van der Waals surface area contributed by atoms with Gasteiger partial charge in [0.1, 0.15) is 0 Å². The number of hydrogen-bond acceptors (Lipinski definition) is 4. The molecule has 4 heteroatoms. The molecule has 0 amide bonds. The van der Waals surface area contributed by atoms with E-state index in [2.05, 4.69) is 0 Å². The molecule has 72 valence electrons. The fraction of sp³-hybridized carbons (Fsp3) is 0.444. The predicted molar refractivity (Wildman–Crippen MR) is 52.2 cm³/mol. The Hall–Kier alpha value is -0.740. The van der Waals surface area contributed by atoms with Gasteiger partial charge in [0.05, 0.1) is 18.6 Å². The van der Waals surface area contributed by atoms with Gasteiger partial charge >= 0.3 is 0 Å². The van der Waals surface area contributed by atoms with Crippen LogP contribution >= 0.6 is 11.8 Å². The van der Waals surface area contributed by atoms with Crippen LogP contribution in [0.15, 0.2) is 22.8 Å². The highest BCUT2D eigenvalue weighted by molar-refractivity contribution is 8.00. The third-order valence-electron chi connectivity index (χ3n) is 1.46. The summed E-state index contributed by atoms with van der Waals surface area (Å²) >= 11 is 1.55. The van der Waals surface area contributed by atoms with Gasteiger partial charge in [-0.05, 0) is 12.1 Å². The number of ketones is 1. The number of carbonyl (C=O) groups is 1. The second-order valence-corrected chi connectivity index (χ2v) is 3.55. The number of thioether (sulfide) groups is 1. The van der Waals surface area contributed by atoms with Crippen LogP contribution < -0.4 is 0 Å². The molecule has 1 rings (SSSR count). The van der Waals surface area contributed by atoms with Crippen molar-refractivity contribution in [3.63, 3.8) is 0 Å². The lowest BCUT2D eigenvalue weighted by Gasteiger charge is -1.97. The van der Waals surface area contributed by atoms with Crippen LogP contribution in [0, 0.1) is 0 Å². The highest BCUT2D eigenvalue weighted by Crippen LogP contribution is 2.07. The summed E-state index contributed by atoms with van der Waals surface area (Å²) in [5.41, 5.74) is 0. The van der Waals surface area contributed by atoms with E-state index in [9.17, 15) is 4.79 Å². The molecule has 0 aliphatic rings. The van der Waals surface area contributed by atoms with E-state index < -0.39 is 0 Å². The Kier molecular flexibility index (Phi) is 4.64. The van der Waals surface area contributed by atoms with E-state index in [4.69, 9.17) is 9.15 Å². The van der Waals surface area contributed by atoms with Gasteiger partial charge in [0.15, 0.2) is 5.76 Å². The first-order valence-electron chi connectivity index (χ1n) is 3.98. The normalized spacial score (nSPS) is 10.2. The van der Waals surface area contributed by atoms with Crippen molar-refractivity contribution in [2.24, 2.45) is 0 Å². The first-order chi connectivity index (χ1) is 6.34. The quantitative estimate of drug-likeness (QED) is 0.519. The lowest BCUT2D eigenvalue weighted by Crippen LogP contribution is -2.02. The smallest absolute Gasteiger partial charge is 0.207 e. The lowest BCUT2D eigenvalue weighted by molar-refractivity contribution is 0.0992. The zero-order valence-corrected chi connectivity index (χ0v) is 8.30. The van der Waals surface area contributed by atoms with Crippen LogP contribution in [0.4, 0.5) is 0 Å². The minimum Gasteiger partial charge on any atom is -0.461 e. The predicted octanol–water partition coefficient (Wildman–Crippen LogP) is 1.84. The fourth-order valence-corrected chi connectivity index (χ4v) is 1.57.